The first-order valence-electron chi connectivity index (χ1n) is 21.0. The molecule has 0 atom stereocenters. The summed E-state index contributed by atoms with van der Waals surface area (Å²) in [6.45, 7) is 0. The fraction of sp³-hybridized carbons (Fsp3) is 0. The van der Waals surface area contributed by atoms with Crippen molar-refractivity contribution in [3.8, 4) is 72.8 Å². The third-order valence-electron chi connectivity index (χ3n) is 12.0. The second kappa shape index (κ2) is 15.0. The Balaban J connectivity index is 1.06. The van der Waals surface area contributed by atoms with Gasteiger partial charge in [-0.05, 0) is 105 Å². The van der Waals surface area contributed by atoms with Crippen LogP contribution in [0, 0.1) is 0 Å². The summed E-state index contributed by atoms with van der Waals surface area (Å²) < 4.78 is 4.78. The molecule has 0 saturated carbocycles. The Kier molecular flexibility index (Phi) is 8.68. The molecule has 12 aromatic rings. The highest BCUT2D eigenvalue weighted by Crippen LogP contribution is 2.43. The summed E-state index contributed by atoms with van der Waals surface area (Å²) in [5, 5.41) is 4.57. The predicted octanol–water partition coefficient (Wildman–Crippen LogP) is 15.9. The van der Waals surface area contributed by atoms with E-state index in [1.165, 1.54) is 48.0 Å². The number of hydrogen-bond acceptors (Lipinski definition) is 3. The summed E-state index contributed by atoms with van der Waals surface area (Å²) in [6.07, 6.45) is 0. The lowest BCUT2D eigenvalue weighted by Gasteiger charge is -2.13. The minimum absolute atomic E-state index is 0.710. The Morgan fingerprint density at radius 2 is 0.823 bits per heavy atom. The molecule has 0 bridgehead atoms. The van der Waals surface area contributed by atoms with E-state index >= 15 is 0 Å². The second-order valence-corrected chi connectivity index (χ2v) is 16.8. The van der Waals surface area contributed by atoms with Gasteiger partial charge in [-0.2, -0.15) is 0 Å². The lowest BCUT2D eigenvalue weighted by Crippen LogP contribution is -1.99. The van der Waals surface area contributed by atoms with Crippen LogP contribution in [0.15, 0.2) is 224 Å². The molecule has 0 amide bonds. The van der Waals surface area contributed by atoms with Gasteiger partial charge in [0.25, 0.3) is 0 Å². The van der Waals surface area contributed by atoms with Gasteiger partial charge in [0.05, 0.1) is 16.6 Å². The maximum atomic E-state index is 5.59. The van der Waals surface area contributed by atoms with Gasteiger partial charge >= 0.3 is 0 Å². The molecule has 0 fully saturated rings. The Labute approximate surface area is 363 Å². The molecule has 62 heavy (non-hydrogen) atoms. The fourth-order valence-corrected chi connectivity index (χ4v) is 10.2. The molecule has 290 valence electrons. The molecule has 0 N–H and O–H groups in total. The second-order valence-electron chi connectivity index (χ2n) is 15.8. The van der Waals surface area contributed by atoms with Crippen LogP contribution in [0.4, 0.5) is 0 Å². The average Bonchev–Trinajstić information content (AvgIpc) is 3.90. The number of nitrogens with zero attached hydrogens (tertiary/aromatic N) is 3. The molecule has 3 aromatic heterocycles. The largest absolute Gasteiger partial charge is 0.294 e. The van der Waals surface area contributed by atoms with Crippen LogP contribution in [-0.4, -0.2) is 14.5 Å². The molecule has 0 unspecified atom stereocenters. The monoisotopic (exact) mass is 807 g/mol. The molecular formula is C58H37N3S. The van der Waals surface area contributed by atoms with Gasteiger partial charge in [0.15, 0.2) is 5.82 Å². The quantitative estimate of drug-likeness (QED) is 0.161. The molecule has 3 nitrogen and oxygen atoms in total. The van der Waals surface area contributed by atoms with Crippen molar-refractivity contribution in [1.29, 1.82) is 0 Å². The molecule has 9 aromatic carbocycles. The van der Waals surface area contributed by atoms with Crippen molar-refractivity contribution in [3.05, 3.63) is 224 Å². The maximum Gasteiger partial charge on any atom is 0.162 e. The summed E-state index contributed by atoms with van der Waals surface area (Å²) >= 11 is 1.82. The first-order chi connectivity index (χ1) is 30.7. The highest BCUT2D eigenvalue weighted by atomic mass is 32.1. The van der Waals surface area contributed by atoms with E-state index in [0.29, 0.717) is 5.82 Å². The fourth-order valence-electron chi connectivity index (χ4n) is 9.09. The van der Waals surface area contributed by atoms with Gasteiger partial charge < -0.3 is 0 Å². The van der Waals surface area contributed by atoms with Crippen LogP contribution >= 0.6 is 11.3 Å². The van der Waals surface area contributed by atoms with Crippen LogP contribution < -0.4 is 0 Å². The number of fused-ring (bicyclic) bond motifs is 6. The van der Waals surface area contributed by atoms with Crippen LogP contribution in [-0.2, 0) is 0 Å². The van der Waals surface area contributed by atoms with Gasteiger partial charge in [0.2, 0.25) is 0 Å². The number of aromatic nitrogens is 3. The number of rotatable bonds is 7. The van der Waals surface area contributed by atoms with Crippen LogP contribution in [0.5, 0.6) is 0 Å². The molecule has 3 heterocycles. The standard InChI is InChI=1S/C58H37N3S/c1-4-17-38(18-5-1)44-35-45(39-19-6-2-7-20-39)37-46(36-44)42-23-14-21-40(33-42)41-22-15-24-43(34-41)56-55-48-27-10-12-30-51(48)61(47-25-8-3-9-26-47)58(55)60-57(59-56)50-29-16-32-53-54(50)49-28-11-13-31-52(49)62-53/h1-37H. The Morgan fingerprint density at radius 1 is 0.339 bits per heavy atom. The lowest BCUT2D eigenvalue weighted by molar-refractivity contribution is 1.12. The van der Waals surface area contributed by atoms with E-state index in [4.69, 9.17) is 9.97 Å². The molecular weight excluding hydrogens is 771 g/mol. The highest BCUT2D eigenvalue weighted by Gasteiger charge is 2.23. The topological polar surface area (TPSA) is 30.7 Å². The van der Waals surface area contributed by atoms with E-state index in [0.717, 1.165) is 61.1 Å². The Morgan fingerprint density at radius 3 is 1.52 bits per heavy atom. The zero-order valence-corrected chi connectivity index (χ0v) is 34.4. The maximum absolute atomic E-state index is 5.59. The van der Waals surface area contributed by atoms with Crippen molar-refractivity contribution in [2.24, 2.45) is 0 Å². The molecule has 0 spiro atoms. The Bertz CT molecular complexity index is 3570. The first kappa shape index (κ1) is 36.0. The van der Waals surface area contributed by atoms with E-state index in [9.17, 15) is 0 Å². The van der Waals surface area contributed by atoms with E-state index in [1.807, 2.05) is 11.3 Å². The number of thiophene rings is 1. The highest BCUT2D eigenvalue weighted by molar-refractivity contribution is 7.25. The van der Waals surface area contributed by atoms with Crippen LogP contribution in [0.3, 0.4) is 0 Å². The first-order valence-corrected chi connectivity index (χ1v) is 21.8. The minimum Gasteiger partial charge on any atom is -0.294 e. The van der Waals surface area contributed by atoms with Crippen molar-refractivity contribution in [2.75, 3.05) is 0 Å². The molecule has 0 aliphatic rings. The van der Waals surface area contributed by atoms with E-state index < -0.39 is 0 Å². The average molecular weight is 808 g/mol. The normalized spacial score (nSPS) is 11.5. The lowest BCUT2D eigenvalue weighted by atomic mass is 9.92. The van der Waals surface area contributed by atoms with Crippen LogP contribution in [0.25, 0.3) is 115 Å². The number of benzene rings is 9. The smallest absolute Gasteiger partial charge is 0.162 e. The third-order valence-corrected chi connectivity index (χ3v) is 13.1. The predicted molar refractivity (Wildman–Crippen MR) is 262 cm³/mol. The summed E-state index contributed by atoms with van der Waals surface area (Å²) in [6, 6.07) is 80.4. The summed E-state index contributed by atoms with van der Waals surface area (Å²) in [4.78, 5) is 11.1. The summed E-state index contributed by atoms with van der Waals surface area (Å²) in [5.41, 5.74) is 15.4. The van der Waals surface area contributed by atoms with Gasteiger partial charge in [0.1, 0.15) is 5.65 Å². The Hall–Kier alpha value is -7.92. The van der Waals surface area contributed by atoms with Gasteiger partial charge in [-0.25, -0.2) is 9.97 Å². The molecule has 0 saturated heterocycles. The van der Waals surface area contributed by atoms with Gasteiger partial charge in [-0.1, -0.05) is 164 Å². The summed E-state index contributed by atoms with van der Waals surface area (Å²) in [5.74, 6) is 0.710. The van der Waals surface area contributed by atoms with E-state index in [2.05, 4.69) is 229 Å². The molecule has 0 aliphatic heterocycles. The molecule has 4 heteroatoms. The third kappa shape index (κ3) is 6.20. The zero-order chi connectivity index (χ0) is 41.0. The van der Waals surface area contributed by atoms with Crippen LogP contribution in [0.1, 0.15) is 0 Å². The molecule has 0 radical (unpaired) electrons. The summed E-state index contributed by atoms with van der Waals surface area (Å²) in [7, 11) is 0. The van der Waals surface area contributed by atoms with Gasteiger partial charge in [-0.15, -0.1) is 11.3 Å². The molecule has 0 aliphatic carbocycles. The number of para-hydroxylation sites is 2. The number of hydrogen-bond donors (Lipinski definition) is 0. The van der Waals surface area contributed by atoms with Crippen molar-refractivity contribution in [1.82, 2.24) is 14.5 Å². The van der Waals surface area contributed by atoms with Crippen molar-refractivity contribution < 1.29 is 0 Å². The van der Waals surface area contributed by atoms with Gasteiger partial charge in [0, 0.05) is 42.4 Å². The SMILES string of the molecule is c1ccc(-c2cc(-c3ccccc3)cc(-c3cccc(-c4cccc(-c5nc(-c6cccc7sc8ccccc8c67)nc6c5c5ccccc5n6-c5ccccc5)c4)c3)c2)cc1. The van der Waals surface area contributed by atoms with E-state index in [1.54, 1.807) is 0 Å². The van der Waals surface area contributed by atoms with Gasteiger partial charge in [-0.3, -0.25) is 4.57 Å². The van der Waals surface area contributed by atoms with Crippen LogP contribution in [0.2, 0.25) is 0 Å². The zero-order valence-electron chi connectivity index (χ0n) is 33.6. The van der Waals surface area contributed by atoms with Crippen molar-refractivity contribution >= 4 is 53.4 Å². The van der Waals surface area contributed by atoms with E-state index in [-0.39, 0.29) is 0 Å². The van der Waals surface area contributed by atoms with Crippen molar-refractivity contribution in [3.63, 3.8) is 0 Å². The van der Waals surface area contributed by atoms with Crippen molar-refractivity contribution in [2.45, 2.75) is 0 Å². The molecule has 12 rings (SSSR count). The minimum atomic E-state index is 0.710.